The minimum atomic E-state index is -0.254. The predicted octanol–water partition coefficient (Wildman–Crippen LogP) is 0.545. The fourth-order valence-electron chi connectivity index (χ4n) is 2.85. The molecule has 0 amide bonds. The predicted molar refractivity (Wildman–Crippen MR) is 48.3 cm³/mol. The molecule has 0 aromatic heterocycles. The largest absolute Gasteiger partial charge is 0.396 e. The molecule has 0 aromatic carbocycles. The Morgan fingerprint density at radius 3 is 2.92 bits per heavy atom. The molecule has 2 aliphatic rings. The SMILES string of the molecule is OCCC[C@@H]1CC[C@@H]2OC[C@H](O)[C@H]12. The van der Waals surface area contributed by atoms with Crippen molar-refractivity contribution < 1.29 is 14.9 Å². The second kappa shape index (κ2) is 3.95. The van der Waals surface area contributed by atoms with Crippen LogP contribution < -0.4 is 0 Å². The quantitative estimate of drug-likeness (QED) is 0.676. The molecule has 1 saturated carbocycles. The Bertz CT molecular complexity index is 172. The third-order valence-corrected chi connectivity index (χ3v) is 3.45. The zero-order valence-corrected chi connectivity index (χ0v) is 7.85. The third kappa shape index (κ3) is 1.73. The van der Waals surface area contributed by atoms with E-state index >= 15 is 0 Å². The summed E-state index contributed by atoms with van der Waals surface area (Å²) in [5, 5.41) is 18.4. The highest BCUT2D eigenvalue weighted by Gasteiger charge is 2.45. The Kier molecular flexibility index (Phi) is 2.86. The van der Waals surface area contributed by atoms with Crippen LogP contribution in [-0.2, 0) is 4.74 Å². The highest BCUT2D eigenvalue weighted by atomic mass is 16.5. The molecule has 1 aliphatic heterocycles. The molecule has 13 heavy (non-hydrogen) atoms. The Balaban J connectivity index is 1.90. The first kappa shape index (κ1) is 9.44. The van der Waals surface area contributed by atoms with Crippen molar-refractivity contribution in [1.82, 2.24) is 0 Å². The average Bonchev–Trinajstić information content (AvgIpc) is 2.67. The van der Waals surface area contributed by atoms with Gasteiger partial charge in [-0.3, -0.25) is 0 Å². The normalized spacial score (nSPS) is 43.8. The molecule has 0 aromatic rings. The van der Waals surface area contributed by atoms with Gasteiger partial charge in [0, 0.05) is 12.5 Å². The Hall–Kier alpha value is -0.120. The van der Waals surface area contributed by atoms with Crippen LogP contribution in [0.1, 0.15) is 25.7 Å². The lowest BCUT2D eigenvalue weighted by atomic mass is 9.88. The van der Waals surface area contributed by atoms with Gasteiger partial charge in [-0.2, -0.15) is 0 Å². The lowest BCUT2D eigenvalue weighted by molar-refractivity contribution is 0.0848. The van der Waals surface area contributed by atoms with E-state index in [2.05, 4.69) is 0 Å². The standard InChI is InChI=1S/C10H18O3/c11-5-1-2-7-3-4-9-10(7)8(12)6-13-9/h7-12H,1-6H2/t7-,8+,9+,10+/m1/s1. The van der Waals surface area contributed by atoms with Gasteiger partial charge in [0.25, 0.3) is 0 Å². The molecule has 3 heteroatoms. The zero-order chi connectivity index (χ0) is 9.26. The monoisotopic (exact) mass is 186 g/mol. The number of ether oxygens (including phenoxy) is 1. The number of hydrogen-bond acceptors (Lipinski definition) is 3. The summed E-state index contributed by atoms with van der Waals surface area (Å²) in [6.07, 6.45) is 4.21. The minimum Gasteiger partial charge on any atom is -0.396 e. The molecule has 0 spiro atoms. The Morgan fingerprint density at radius 2 is 2.15 bits per heavy atom. The Labute approximate surface area is 78.7 Å². The van der Waals surface area contributed by atoms with Crippen molar-refractivity contribution in [2.24, 2.45) is 11.8 Å². The fourth-order valence-corrected chi connectivity index (χ4v) is 2.85. The molecule has 0 radical (unpaired) electrons. The van der Waals surface area contributed by atoms with E-state index in [9.17, 15) is 5.11 Å². The number of aliphatic hydroxyl groups is 2. The molecule has 3 nitrogen and oxygen atoms in total. The summed E-state index contributed by atoms with van der Waals surface area (Å²) in [4.78, 5) is 0. The summed E-state index contributed by atoms with van der Waals surface area (Å²) in [6, 6.07) is 0. The van der Waals surface area contributed by atoms with E-state index in [-0.39, 0.29) is 12.7 Å². The van der Waals surface area contributed by atoms with Gasteiger partial charge in [0.2, 0.25) is 0 Å². The first-order chi connectivity index (χ1) is 6.33. The van der Waals surface area contributed by atoms with Crippen LogP contribution >= 0.6 is 0 Å². The Morgan fingerprint density at radius 1 is 1.31 bits per heavy atom. The van der Waals surface area contributed by atoms with Gasteiger partial charge >= 0.3 is 0 Å². The first-order valence-electron chi connectivity index (χ1n) is 5.23. The van der Waals surface area contributed by atoms with Gasteiger partial charge in [0.1, 0.15) is 0 Å². The maximum atomic E-state index is 9.68. The number of aliphatic hydroxyl groups excluding tert-OH is 2. The lowest BCUT2D eigenvalue weighted by Gasteiger charge is -2.19. The first-order valence-corrected chi connectivity index (χ1v) is 5.23. The van der Waals surface area contributed by atoms with Gasteiger partial charge in [-0.1, -0.05) is 0 Å². The maximum absolute atomic E-state index is 9.68. The molecule has 2 rings (SSSR count). The summed E-state index contributed by atoms with van der Waals surface area (Å²) >= 11 is 0. The van der Waals surface area contributed by atoms with E-state index in [1.807, 2.05) is 0 Å². The second-order valence-electron chi connectivity index (χ2n) is 4.22. The molecule has 1 heterocycles. The van der Waals surface area contributed by atoms with E-state index in [4.69, 9.17) is 9.84 Å². The van der Waals surface area contributed by atoms with Crippen molar-refractivity contribution in [3.63, 3.8) is 0 Å². The average molecular weight is 186 g/mol. The van der Waals surface area contributed by atoms with Crippen LogP contribution in [-0.4, -0.2) is 35.6 Å². The molecule has 1 saturated heterocycles. The van der Waals surface area contributed by atoms with Gasteiger partial charge < -0.3 is 14.9 Å². The minimum absolute atomic E-state index is 0.254. The van der Waals surface area contributed by atoms with E-state index in [1.165, 1.54) is 0 Å². The topological polar surface area (TPSA) is 49.7 Å². The highest BCUT2D eigenvalue weighted by molar-refractivity contribution is 4.93. The molecular weight excluding hydrogens is 168 g/mol. The third-order valence-electron chi connectivity index (χ3n) is 3.45. The van der Waals surface area contributed by atoms with Crippen LogP contribution in [0.5, 0.6) is 0 Å². The number of hydrogen-bond donors (Lipinski definition) is 2. The maximum Gasteiger partial charge on any atom is 0.0829 e. The van der Waals surface area contributed by atoms with Crippen molar-refractivity contribution in [3.05, 3.63) is 0 Å². The van der Waals surface area contributed by atoms with Crippen LogP contribution in [0.2, 0.25) is 0 Å². The van der Waals surface area contributed by atoms with Gasteiger partial charge in [0.05, 0.1) is 18.8 Å². The zero-order valence-electron chi connectivity index (χ0n) is 7.85. The van der Waals surface area contributed by atoms with Gasteiger partial charge in [0.15, 0.2) is 0 Å². The van der Waals surface area contributed by atoms with Crippen molar-refractivity contribution in [3.8, 4) is 0 Å². The van der Waals surface area contributed by atoms with Crippen molar-refractivity contribution in [2.45, 2.75) is 37.9 Å². The molecule has 2 N–H and O–H groups in total. The van der Waals surface area contributed by atoms with E-state index < -0.39 is 0 Å². The van der Waals surface area contributed by atoms with Crippen molar-refractivity contribution >= 4 is 0 Å². The van der Waals surface area contributed by atoms with Crippen LogP contribution in [0, 0.1) is 11.8 Å². The molecule has 1 aliphatic carbocycles. The lowest BCUT2D eigenvalue weighted by Crippen LogP contribution is -2.25. The van der Waals surface area contributed by atoms with Crippen LogP contribution in [0.15, 0.2) is 0 Å². The summed E-state index contributed by atoms with van der Waals surface area (Å²) in [5.41, 5.74) is 0. The number of fused-ring (bicyclic) bond motifs is 1. The summed E-state index contributed by atoms with van der Waals surface area (Å²) < 4.78 is 5.49. The van der Waals surface area contributed by atoms with Gasteiger partial charge in [-0.05, 0) is 31.6 Å². The number of rotatable bonds is 3. The summed E-state index contributed by atoms with van der Waals surface area (Å²) in [5.74, 6) is 0.932. The van der Waals surface area contributed by atoms with Crippen molar-refractivity contribution in [2.75, 3.05) is 13.2 Å². The summed E-state index contributed by atoms with van der Waals surface area (Å²) in [7, 11) is 0. The molecule has 0 bridgehead atoms. The molecular formula is C10H18O3. The molecule has 0 unspecified atom stereocenters. The smallest absolute Gasteiger partial charge is 0.0829 e. The van der Waals surface area contributed by atoms with Crippen molar-refractivity contribution in [1.29, 1.82) is 0 Å². The molecule has 2 fully saturated rings. The summed E-state index contributed by atoms with van der Waals surface area (Å²) in [6.45, 7) is 0.787. The second-order valence-corrected chi connectivity index (χ2v) is 4.22. The molecule has 76 valence electrons. The van der Waals surface area contributed by atoms with Crippen LogP contribution in [0.4, 0.5) is 0 Å². The fraction of sp³-hybridized carbons (Fsp3) is 1.00. The van der Waals surface area contributed by atoms with E-state index in [0.29, 0.717) is 24.5 Å². The van der Waals surface area contributed by atoms with Gasteiger partial charge in [-0.25, -0.2) is 0 Å². The van der Waals surface area contributed by atoms with E-state index in [0.717, 1.165) is 25.7 Å². The van der Waals surface area contributed by atoms with Crippen LogP contribution in [0.3, 0.4) is 0 Å². The van der Waals surface area contributed by atoms with Gasteiger partial charge in [-0.15, -0.1) is 0 Å². The van der Waals surface area contributed by atoms with E-state index in [1.54, 1.807) is 0 Å². The van der Waals surface area contributed by atoms with Crippen LogP contribution in [0.25, 0.3) is 0 Å². The molecule has 4 atom stereocenters. The highest BCUT2D eigenvalue weighted by Crippen LogP contribution is 2.42.